The fourth-order valence-corrected chi connectivity index (χ4v) is 3.43. The normalized spacial score (nSPS) is 14.4. The molecule has 1 aliphatic rings. The van der Waals surface area contributed by atoms with Gasteiger partial charge < -0.3 is 10.6 Å². The number of nitrogens with two attached hydrogens (primary N) is 1. The number of carbonyl (C=O) groups excluding carboxylic acids is 1. The fourth-order valence-electron chi connectivity index (χ4n) is 2.34. The quantitative estimate of drug-likeness (QED) is 0.877. The minimum absolute atomic E-state index is 0.120. The van der Waals surface area contributed by atoms with E-state index in [0.717, 1.165) is 12.8 Å². The van der Waals surface area contributed by atoms with Gasteiger partial charge in [-0.05, 0) is 25.0 Å². The zero-order valence-corrected chi connectivity index (χ0v) is 11.8. The van der Waals surface area contributed by atoms with Gasteiger partial charge in [0.25, 0.3) is 5.91 Å². The average Bonchev–Trinajstić information content (AvgIpc) is 3.20. The molecule has 0 aliphatic heterocycles. The summed E-state index contributed by atoms with van der Waals surface area (Å²) in [7, 11) is 0. The lowest BCUT2D eigenvalue weighted by Gasteiger charge is -2.20. The monoisotopic (exact) mass is 290 g/mol. The fraction of sp³-hybridized carbons (Fsp3) is 0.267. The summed E-state index contributed by atoms with van der Waals surface area (Å²) in [6, 6.07) is 5.05. The molecule has 0 saturated heterocycles. The summed E-state index contributed by atoms with van der Waals surface area (Å²) in [6.45, 7) is 4.18. The molecule has 0 atom stereocenters. The number of hydrogen-bond donors (Lipinski definition) is 1. The third-order valence-corrected chi connectivity index (χ3v) is 4.63. The van der Waals surface area contributed by atoms with Crippen LogP contribution in [0.15, 0.2) is 30.9 Å². The second-order valence-corrected chi connectivity index (χ2v) is 5.99. The number of fused-ring (bicyclic) bond motifs is 1. The predicted octanol–water partition coefficient (Wildman–Crippen LogP) is 3.41. The maximum Gasteiger partial charge on any atom is 0.266 e. The summed E-state index contributed by atoms with van der Waals surface area (Å²) < 4.78 is 14.5. The Bertz CT molecular complexity index is 690. The van der Waals surface area contributed by atoms with Crippen LogP contribution >= 0.6 is 11.3 Å². The van der Waals surface area contributed by atoms with Crippen LogP contribution in [-0.2, 0) is 0 Å². The number of nitrogens with zero attached hydrogens (tertiary/aromatic N) is 1. The van der Waals surface area contributed by atoms with E-state index in [1.807, 2.05) is 0 Å². The number of rotatable bonds is 4. The Labute approximate surface area is 120 Å². The van der Waals surface area contributed by atoms with Crippen LogP contribution in [0.25, 0.3) is 10.1 Å². The second-order valence-electron chi connectivity index (χ2n) is 4.94. The topological polar surface area (TPSA) is 46.3 Å². The minimum Gasteiger partial charge on any atom is -0.397 e. The Kier molecular flexibility index (Phi) is 3.22. The minimum atomic E-state index is -0.378. The van der Waals surface area contributed by atoms with Gasteiger partial charge in [0.05, 0.1) is 11.1 Å². The molecule has 2 aromatic rings. The average molecular weight is 290 g/mol. The molecule has 1 aliphatic carbocycles. The third kappa shape index (κ3) is 2.08. The molecule has 0 spiro atoms. The third-order valence-electron chi connectivity index (χ3n) is 3.47. The molecule has 2 N–H and O–H groups in total. The molecule has 0 radical (unpaired) electrons. The molecule has 3 rings (SSSR count). The molecule has 1 saturated carbocycles. The molecule has 1 heterocycles. The summed E-state index contributed by atoms with van der Waals surface area (Å²) in [4.78, 5) is 14.8. The zero-order chi connectivity index (χ0) is 14.3. The maximum atomic E-state index is 13.8. The number of halogens is 1. The van der Waals surface area contributed by atoms with Crippen molar-refractivity contribution < 1.29 is 9.18 Å². The van der Waals surface area contributed by atoms with Crippen molar-refractivity contribution in [3.8, 4) is 0 Å². The van der Waals surface area contributed by atoms with Gasteiger partial charge in [-0.2, -0.15) is 0 Å². The largest absolute Gasteiger partial charge is 0.397 e. The second kappa shape index (κ2) is 4.90. The molecule has 3 nitrogen and oxygen atoms in total. The van der Waals surface area contributed by atoms with E-state index < -0.39 is 0 Å². The maximum absolute atomic E-state index is 13.8. The van der Waals surface area contributed by atoms with E-state index in [9.17, 15) is 9.18 Å². The summed E-state index contributed by atoms with van der Waals surface area (Å²) in [5.74, 6) is -0.498. The van der Waals surface area contributed by atoms with Gasteiger partial charge in [0, 0.05) is 17.3 Å². The van der Waals surface area contributed by atoms with Gasteiger partial charge in [0.15, 0.2) is 0 Å². The summed E-state index contributed by atoms with van der Waals surface area (Å²) >= 11 is 1.26. The van der Waals surface area contributed by atoms with Crippen molar-refractivity contribution in [1.82, 2.24) is 4.90 Å². The Balaban J connectivity index is 2.05. The van der Waals surface area contributed by atoms with E-state index in [4.69, 9.17) is 5.73 Å². The number of nitrogen functional groups attached to an aromatic ring is 1. The van der Waals surface area contributed by atoms with Gasteiger partial charge in [-0.25, -0.2) is 4.39 Å². The number of amides is 1. The molecule has 20 heavy (non-hydrogen) atoms. The van der Waals surface area contributed by atoms with Crippen LogP contribution in [0.1, 0.15) is 22.5 Å². The van der Waals surface area contributed by atoms with Crippen LogP contribution in [0.3, 0.4) is 0 Å². The molecule has 1 amide bonds. The van der Waals surface area contributed by atoms with Crippen LogP contribution in [0.4, 0.5) is 10.1 Å². The van der Waals surface area contributed by atoms with Gasteiger partial charge in [0.1, 0.15) is 10.7 Å². The highest BCUT2D eigenvalue weighted by Crippen LogP contribution is 2.37. The SMILES string of the molecule is C=CCN(C(=O)c1sc2cccc(F)c2c1N)C1CC1. The number of anilines is 1. The Morgan fingerprint density at radius 3 is 2.90 bits per heavy atom. The van der Waals surface area contributed by atoms with E-state index in [1.165, 1.54) is 17.4 Å². The van der Waals surface area contributed by atoms with Crippen molar-refractivity contribution in [3.05, 3.63) is 41.5 Å². The molecule has 0 unspecified atom stereocenters. The van der Waals surface area contributed by atoms with Crippen molar-refractivity contribution in [2.45, 2.75) is 18.9 Å². The number of benzene rings is 1. The first-order valence-electron chi connectivity index (χ1n) is 6.52. The molecular formula is C15H15FN2OS. The van der Waals surface area contributed by atoms with Crippen molar-refractivity contribution in [2.75, 3.05) is 12.3 Å². The van der Waals surface area contributed by atoms with E-state index in [0.29, 0.717) is 21.5 Å². The first kappa shape index (κ1) is 13.1. The van der Waals surface area contributed by atoms with Gasteiger partial charge in [-0.1, -0.05) is 12.1 Å². The number of carbonyl (C=O) groups is 1. The van der Waals surface area contributed by atoms with Crippen LogP contribution in [0, 0.1) is 5.82 Å². The summed E-state index contributed by atoms with van der Waals surface area (Å²) in [6.07, 6.45) is 3.73. The van der Waals surface area contributed by atoms with Gasteiger partial charge in [-0.15, -0.1) is 17.9 Å². The van der Waals surface area contributed by atoms with E-state index in [2.05, 4.69) is 6.58 Å². The Morgan fingerprint density at radius 1 is 1.55 bits per heavy atom. The van der Waals surface area contributed by atoms with Crippen molar-refractivity contribution in [1.29, 1.82) is 0 Å². The van der Waals surface area contributed by atoms with Crippen LogP contribution < -0.4 is 5.73 Å². The van der Waals surface area contributed by atoms with Crippen molar-refractivity contribution >= 4 is 33.0 Å². The highest BCUT2D eigenvalue weighted by Gasteiger charge is 2.34. The van der Waals surface area contributed by atoms with Crippen LogP contribution in [0.2, 0.25) is 0 Å². The zero-order valence-electron chi connectivity index (χ0n) is 10.9. The van der Waals surface area contributed by atoms with E-state index >= 15 is 0 Å². The number of thiophene rings is 1. The predicted molar refractivity (Wildman–Crippen MR) is 80.5 cm³/mol. The first-order valence-corrected chi connectivity index (χ1v) is 7.33. The lowest BCUT2D eigenvalue weighted by atomic mass is 10.2. The smallest absolute Gasteiger partial charge is 0.266 e. The lowest BCUT2D eigenvalue weighted by Crippen LogP contribution is -2.33. The Hall–Kier alpha value is -1.88. The van der Waals surface area contributed by atoms with Gasteiger partial charge in [0.2, 0.25) is 0 Å². The molecule has 1 aromatic carbocycles. The van der Waals surface area contributed by atoms with E-state index in [-0.39, 0.29) is 23.5 Å². The standard InChI is InChI=1S/C15H15FN2OS/c1-2-8-18(9-6-7-9)15(19)14-13(17)12-10(16)4-3-5-11(12)20-14/h2-5,9H,1,6-8,17H2. The van der Waals surface area contributed by atoms with Crippen LogP contribution in [-0.4, -0.2) is 23.4 Å². The summed E-state index contributed by atoms with van der Waals surface area (Å²) in [5.41, 5.74) is 6.24. The first-order chi connectivity index (χ1) is 9.63. The molecule has 1 fully saturated rings. The molecule has 104 valence electrons. The number of hydrogen-bond acceptors (Lipinski definition) is 3. The molecular weight excluding hydrogens is 275 g/mol. The lowest BCUT2D eigenvalue weighted by molar-refractivity contribution is 0.0768. The van der Waals surface area contributed by atoms with Crippen LogP contribution in [0.5, 0.6) is 0 Å². The molecule has 1 aromatic heterocycles. The molecule has 5 heteroatoms. The van der Waals surface area contributed by atoms with Crippen molar-refractivity contribution in [2.24, 2.45) is 0 Å². The van der Waals surface area contributed by atoms with Gasteiger partial charge >= 0.3 is 0 Å². The summed E-state index contributed by atoms with van der Waals surface area (Å²) in [5, 5.41) is 0.357. The Morgan fingerprint density at radius 2 is 2.30 bits per heavy atom. The van der Waals surface area contributed by atoms with Gasteiger partial charge in [-0.3, -0.25) is 4.79 Å². The van der Waals surface area contributed by atoms with Crippen molar-refractivity contribution in [3.63, 3.8) is 0 Å². The highest BCUT2D eigenvalue weighted by molar-refractivity contribution is 7.21. The highest BCUT2D eigenvalue weighted by atomic mass is 32.1. The van der Waals surface area contributed by atoms with E-state index in [1.54, 1.807) is 23.1 Å². The molecule has 0 bridgehead atoms.